The fourth-order valence-corrected chi connectivity index (χ4v) is 3.02. The molecule has 1 aromatic heterocycles. The van der Waals surface area contributed by atoms with Gasteiger partial charge in [0.2, 0.25) is 0 Å². The number of benzene rings is 1. The van der Waals surface area contributed by atoms with Gasteiger partial charge in [-0.3, -0.25) is 14.7 Å². The normalized spacial score (nSPS) is 23.2. The summed E-state index contributed by atoms with van der Waals surface area (Å²) in [7, 11) is 0. The second-order valence-electron chi connectivity index (χ2n) is 5.47. The first-order valence-corrected chi connectivity index (χ1v) is 6.95. The fourth-order valence-electron chi connectivity index (χ4n) is 3.02. The zero-order valence-electron chi connectivity index (χ0n) is 11.5. The summed E-state index contributed by atoms with van der Waals surface area (Å²) in [4.78, 5) is 17.7. The zero-order valence-corrected chi connectivity index (χ0v) is 11.5. The van der Waals surface area contributed by atoms with E-state index in [0.717, 1.165) is 30.4 Å². The standard InChI is InChI=1S/C16H18N2O2/c1-11-14(16(19)20)6-8-18(11)10-12-4-5-15-13(9-12)3-2-7-17-15/h2-5,7,9,11,14H,6,8,10H2,1H3,(H,19,20). The largest absolute Gasteiger partial charge is 0.481 e. The number of fused-ring (bicyclic) bond motifs is 1. The van der Waals surface area contributed by atoms with E-state index in [9.17, 15) is 9.90 Å². The summed E-state index contributed by atoms with van der Waals surface area (Å²) < 4.78 is 0. The van der Waals surface area contributed by atoms with Crippen molar-refractivity contribution in [1.29, 1.82) is 0 Å². The highest BCUT2D eigenvalue weighted by molar-refractivity contribution is 5.78. The second kappa shape index (κ2) is 5.21. The Morgan fingerprint density at radius 2 is 2.30 bits per heavy atom. The molecule has 4 nitrogen and oxygen atoms in total. The summed E-state index contributed by atoms with van der Waals surface area (Å²) >= 11 is 0. The lowest BCUT2D eigenvalue weighted by atomic mass is 10.0. The predicted molar refractivity (Wildman–Crippen MR) is 77.4 cm³/mol. The van der Waals surface area contributed by atoms with Crippen LogP contribution in [-0.2, 0) is 11.3 Å². The molecule has 0 spiro atoms. The van der Waals surface area contributed by atoms with Gasteiger partial charge in [-0.25, -0.2) is 0 Å². The van der Waals surface area contributed by atoms with Gasteiger partial charge in [0.25, 0.3) is 0 Å². The van der Waals surface area contributed by atoms with Gasteiger partial charge in [-0.15, -0.1) is 0 Å². The van der Waals surface area contributed by atoms with Crippen LogP contribution in [0.25, 0.3) is 10.9 Å². The van der Waals surface area contributed by atoms with Crippen molar-refractivity contribution in [3.05, 3.63) is 42.1 Å². The van der Waals surface area contributed by atoms with E-state index >= 15 is 0 Å². The first kappa shape index (κ1) is 13.1. The molecule has 2 heterocycles. The summed E-state index contributed by atoms with van der Waals surface area (Å²) in [5.41, 5.74) is 2.21. The van der Waals surface area contributed by atoms with Gasteiger partial charge in [0.1, 0.15) is 0 Å². The minimum absolute atomic E-state index is 0.0945. The maximum absolute atomic E-state index is 11.1. The topological polar surface area (TPSA) is 53.4 Å². The van der Waals surface area contributed by atoms with Crippen LogP contribution in [0.4, 0.5) is 0 Å². The third-order valence-electron chi connectivity index (χ3n) is 4.26. The Morgan fingerprint density at radius 1 is 1.45 bits per heavy atom. The van der Waals surface area contributed by atoms with Gasteiger partial charge in [-0.2, -0.15) is 0 Å². The molecule has 1 N–H and O–H groups in total. The van der Waals surface area contributed by atoms with E-state index < -0.39 is 5.97 Å². The van der Waals surface area contributed by atoms with E-state index in [1.807, 2.05) is 19.1 Å². The summed E-state index contributed by atoms with van der Waals surface area (Å²) in [5, 5.41) is 10.3. The van der Waals surface area contributed by atoms with Crippen LogP contribution in [0.1, 0.15) is 18.9 Å². The summed E-state index contributed by atoms with van der Waals surface area (Å²) in [5.74, 6) is -0.917. The Labute approximate surface area is 118 Å². The lowest BCUT2D eigenvalue weighted by molar-refractivity contribution is -0.142. The highest BCUT2D eigenvalue weighted by Gasteiger charge is 2.35. The molecule has 104 valence electrons. The quantitative estimate of drug-likeness (QED) is 0.931. The molecule has 1 aliphatic heterocycles. The molecule has 2 unspecified atom stereocenters. The number of carboxylic acids is 1. The number of pyridine rings is 1. The lowest BCUT2D eigenvalue weighted by Crippen LogP contribution is -2.32. The van der Waals surface area contributed by atoms with Crippen molar-refractivity contribution < 1.29 is 9.90 Å². The number of carbonyl (C=O) groups is 1. The lowest BCUT2D eigenvalue weighted by Gasteiger charge is -2.23. The van der Waals surface area contributed by atoms with Crippen molar-refractivity contribution in [2.75, 3.05) is 6.54 Å². The van der Waals surface area contributed by atoms with Gasteiger partial charge < -0.3 is 5.11 Å². The average Bonchev–Trinajstić information content (AvgIpc) is 2.80. The molecule has 0 saturated carbocycles. The number of hydrogen-bond acceptors (Lipinski definition) is 3. The van der Waals surface area contributed by atoms with E-state index in [-0.39, 0.29) is 12.0 Å². The van der Waals surface area contributed by atoms with Gasteiger partial charge in [-0.05, 0) is 43.7 Å². The van der Waals surface area contributed by atoms with Crippen LogP contribution in [0.2, 0.25) is 0 Å². The molecule has 1 saturated heterocycles. The minimum Gasteiger partial charge on any atom is -0.481 e. The first-order chi connectivity index (χ1) is 9.65. The smallest absolute Gasteiger partial charge is 0.308 e. The van der Waals surface area contributed by atoms with Crippen molar-refractivity contribution in [1.82, 2.24) is 9.88 Å². The third kappa shape index (κ3) is 2.39. The van der Waals surface area contributed by atoms with E-state index in [1.165, 1.54) is 5.56 Å². The molecule has 0 amide bonds. The van der Waals surface area contributed by atoms with Crippen LogP contribution >= 0.6 is 0 Å². The Balaban J connectivity index is 1.78. The van der Waals surface area contributed by atoms with E-state index in [0.29, 0.717) is 0 Å². The van der Waals surface area contributed by atoms with Gasteiger partial charge in [0, 0.05) is 24.2 Å². The van der Waals surface area contributed by atoms with Crippen LogP contribution in [-0.4, -0.2) is 33.5 Å². The Hall–Kier alpha value is -1.94. The number of aromatic nitrogens is 1. The molecule has 1 aromatic carbocycles. The van der Waals surface area contributed by atoms with Crippen LogP contribution in [0.15, 0.2) is 36.5 Å². The third-order valence-corrected chi connectivity index (χ3v) is 4.26. The van der Waals surface area contributed by atoms with E-state index in [2.05, 4.69) is 28.1 Å². The fraction of sp³-hybridized carbons (Fsp3) is 0.375. The van der Waals surface area contributed by atoms with Gasteiger partial charge >= 0.3 is 5.97 Å². The van der Waals surface area contributed by atoms with E-state index in [4.69, 9.17) is 0 Å². The Kier molecular flexibility index (Phi) is 3.40. The number of carboxylic acid groups (broad SMARTS) is 1. The molecule has 3 rings (SSSR count). The molecule has 0 bridgehead atoms. The van der Waals surface area contributed by atoms with Crippen LogP contribution < -0.4 is 0 Å². The maximum Gasteiger partial charge on any atom is 0.308 e. The molecule has 20 heavy (non-hydrogen) atoms. The summed E-state index contributed by atoms with van der Waals surface area (Å²) in [6, 6.07) is 10.3. The summed E-state index contributed by atoms with van der Waals surface area (Å²) in [6.07, 6.45) is 2.54. The van der Waals surface area contributed by atoms with E-state index in [1.54, 1.807) is 6.20 Å². The summed E-state index contributed by atoms with van der Waals surface area (Å²) in [6.45, 7) is 3.66. The molecule has 1 aliphatic rings. The molecule has 1 fully saturated rings. The monoisotopic (exact) mass is 270 g/mol. The average molecular weight is 270 g/mol. The van der Waals surface area contributed by atoms with Gasteiger partial charge in [0.15, 0.2) is 0 Å². The second-order valence-corrected chi connectivity index (χ2v) is 5.47. The number of hydrogen-bond donors (Lipinski definition) is 1. The predicted octanol–water partition coefficient (Wildman–Crippen LogP) is 2.53. The van der Waals surface area contributed by atoms with Crippen molar-refractivity contribution in [3.63, 3.8) is 0 Å². The Morgan fingerprint density at radius 3 is 3.05 bits per heavy atom. The molecule has 0 radical (unpaired) electrons. The molecule has 2 aromatic rings. The SMILES string of the molecule is CC1C(C(=O)O)CCN1Cc1ccc2ncccc2c1. The number of aliphatic carboxylic acids is 1. The maximum atomic E-state index is 11.1. The van der Waals surface area contributed by atoms with Crippen LogP contribution in [0.5, 0.6) is 0 Å². The molecule has 4 heteroatoms. The van der Waals surface area contributed by atoms with Crippen LogP contribution in [0, 0.1) is 5.92 Å². The van der Waals surface area contributed by atoms with Crippen molar-refractivity contribution in [2.24, 2.45) is 5.92 Å². The van der Waals surface area contributed by atoms with Crippen molar-refractivity contribution >= 4 is 16.9 Å². The van der Waals surface area contributed by atoms with Crippen LogP contribution in [0.3, 0.4) is 0 Å². The molecule has 0 aliphatic carbocycles. The zero-order chi connectivity index (χ0) is 14.1. The minimum atomic E-state index is -0.678. The number of nitrogens with zero attached hydrogens (tertiary/aromatic N) is 2. The van der Waals surface area contributed by atoms with Gasteiger partial charge in [-0.1, -0.05) is 12.1 Å². The highest BCUT2D eigenvalue weighted by atomic mass is 16.4. The molecule has 2 atom stereocenters. The highest BCUT2D eigenvalue weighted by Crippen LogP contribution is 2.26. The molecular weight excluding hydrogens is 252 g/mol. The Bertz CT molecular complexity index is 641. The number of rotatable bonds is 3. The molecular formula is C16H18N2O2. The van der Waals surface area contributed by atoms with Gasteiger partial charge in [0.05, 0.1) is 11.4 Å². The van der Waals surface area contributed by atoms with Crippen molar-refractivity contribution in [2.45, 2.75) is 25.9 Å². The van der Waals surface area contributed by atoms with Crippen molar-refractivity contribution in [3.8, 4) is 0 Å². The number of likely N-dealkylation sites (tertiary alicyclic amines) is 1. The first-order valence-electron chi connectivity index (χ1n) is 6.95.